The summed E-state index contributed by atoms with van der Waals surface area (Å²) < 4.78 is 5.57. The van der Waals surface area contributed by atoms with Gasteiger partial charge in [0.1, 0.15) is 5.75 Å². The van der Waals surface area contributed by atoms with E-state index >= 15 is 0 Å². The van der Waals surface area contributed by atoms with Crippen molar-refractivity contribution in [3.05, 3.63) is 53.6 Å². The molecule has 1 heterocycles. The number of carbonyl (C=O) groups is 2. The largest absolute Gasteiger partial charge is 0.483 e. The molecule has 1 aliphatic rings. The fourth-order valence-corrected chi connectivity index (χ4v) is 2.74. The molecule has 0 aliphatic carbocycles. The Labute approximate surface area is 146 Å². The number of benzene rings is 2. The van der Waals surface area contributed by atoms with Gasteiger partial charge in [-0.25, -0.2) is 4.79 Å². The van der Waals surface area contributed by atoms with E-state index in [2.05, 4.69) is 10.6 Å². The molecule has 3 amide bonds. The molecular formula is C19H21N3O3. The summed E-state index contributed by atoms with van der Waals surface area (Å²) in [5, 5.41) is 5.54. The number of rotatable bonds is 5. The van der Waals surface area contributed by atoms with Crippen LogP contribution in [0.2, 0.25) is 0 Å². The number of hydrogen-bond acceptors (Lipinski definition) is 3. The zero-order valence-corrected chi connectivity index (χ0v) is 14.3. The van der Waals surface area contributed by atoms with Gasteiger partial charge in [-0.2, -0.15) is 0 Å². The number of ether oxygens (including phenoxy) is 1. The number of anilines is 2. The van der Waals surface area contributed by atoms with Crippen molar-refractivity contribution in [1.29, 1.82) is 0 Å². The van der Waals surface area contributed by atoms with E-state index in [0.29, 0.717) is 24.5 Å². The molecule has 2 aromatic rings. The van der Waals surface area contributed by atoms with E-state index in [1.165, 1.54) is 0 Å². The second-order valence-corrected chi connectivity index (χ2v) is 6.04. The van der Waals surface area contributed by atoms with E-state index in [-0.39, 0.29) is 18.5 Å². The van der Waals surface area contributed by atoms with Crippen LogP contribution in [0.3, 0.4) is 0 Å². The van der Waals surface area contributed by atoms with Gasteiger partial charge in [0.2, 0.25) is 0 Å². The van der Waals surface area contributed by atoms with Gasteiger partial charge in [0.25, 0.3) is 5.91 Å². The molecule has 130 valence electrons. The predicted molar refractivity (Wildman–Crippen MR) is 97.2 cm³/mol. The molecule has 0 saturated carbocycles. The van der Waals surface area contributed by atoms with Crippen LogP contribution in [-0.2, 0) is 4.79 Å². The molecule has 0 unspecified atom stereocenters. The standard InChI is InChI=1S/C19H21N3O3/c1-13-3-8-17(14(2)11-13)25-12-18(23)21-15-4-6-16(7-5-15)22-10-9-20-19(22)24/h3-8,11H,9-10,12H2,1-2H3,(H,20,24)(H,21,23). The van der Waals surface area contributed by atoms with Crippen molar-refractivity contribution >= 4 is 23.3 Å². The van der Waals surface area contributed by atoms with Crippen LogP contribution < -0.4 is 20.3 Å². The summed E-state index contributed by atoms with van der Waals surface area (Å²) in [5.41, 5.74) is 3.62. The van der Waals surface area contributed by atoms with Gasteiger partial charge >= 0.3 is 6.03 Å². The van der Waals surface area contributed by atoms with Crippen molar-refractivity contribution in [2.24, 2.45) is 0 Å². The monoisotopic (exact) mass is 339 g/mol. The summed E-state index contributed by atoms with van der Waals surface area (Å²) in [6, 6.07) is 12.9. The quantitative estimate of drug-likeness (QED) is 0.880. The molecule has 0 atom stereocenters. The highest BCUT2D eigenvalue weighted by Gasteiger charge is 2.20. The number of urea groups is 1. The first-order chi connectivity index (χ1) is 12.0. The lowest BCUT2D eigenvalue weighted by Gasteiger charge is -2.15. The minimum atomic E-state index is -0.230. The lowest BCUT2D eigenvalue weighted by molar-refractivity contribution is -0.118. The average molecular weight is 339 g/mol. The van der Waals surface area contributed by atoms with E-state index in [4.69, 9.17) is 4.74 Å². The maximum atomic E-state index is 12.0. The highest BCUT2D eigenvalue weighted by atomic mass is 16.5. The zero-order valence-electron chi connectivity index (χ0n) is 14.3. The lowest BCUT2D eigenvalue weighted by Crippen LogP contribution is -2.27. The number of carbonyl (C=O) groups excluding carboxylic acids is 2. The summed E-state index contributed by atoms with van der Waals surface area (Å²) in [7, 11) is 0. The molecule has 1 fully saturated rings. The van der Waals surface area contributed by atoms with Crippen LogP contribution in [0.25, 0.3) is 0 Å². The second-order valence-electron chi connectivity index (χ2n) is 6.04. The highest BCUT2D eigenvalue weighted by Crippen LogP contribution is 2.20. The summed E-state index contributed by atoms with van der Waals surface area (Å²) in [5.74, 6) is 0.475. The molecule has 6 heteroatoms. The van der Waals surface area contributed by atoms with E-state index in [1.54, 1.807) is 17.0 Å². The lowest BCUT2D eigenvalue weighted by atomic mass is 10.1. The van der Waals surface area contributed by atoms with Crippen LogP contribution in [0.1, 0.15) is 11.1 Å². The van der Waals surface area contributed by atoms with Crippen molar-refractivity contribution in [3.63, 3.8) is 0 Å². The van der Waals surface area contributed by atoms with Crippen LogP contribution in [0, 0.1) is 13.8 Å². The smallest absolute Gasteiger partial charge is 0.321 e. The minimum absolute atomic E-state index is 0.0554. The molecule has 0 bridgehead atoms. The molecule has 0 spiro atoms. The Morgan fingerprint density at radius 2 is 1.96 bits per heavy atom. The van der Waals surface area contributed by atoms with Crippen molar-refractivity contribution in [3.8, 4) is 5.75 Å². The van der Waals surface area contributed by atoms with Crippen LogP contribution in [-0.4, -0.2) is 31.6 Å². The summed E-state index contributed by atoms with van der Waals surface area (Å²) in [6.07, 6.45) is 0. The Balaban J connectivity index is 1.55. The van der Waals surface area contributed by atoms with Gasteiger partial charge in [0.05, 0.1) is 0 Å². The van der Waals surface area contributed by atoms with Crippen LogP contribution in [0.15, 0.2) is 42.5 Å². The molecule has 1 saturated heterocycles. The van der Waals surface area contributed by atoms with Gasteiger partial charge < -0.3 is 15.4 Å². The summed E-state index contributed by atoms with van der Waals surface area (Å²) in [4.78, 5) is 25.3. The van der Waals surface area contributed by atoms with E-state index in [0.717, 1.165) is 16.8 Å². The SMILES string of the molecule is Cc1ccc(OCC(=O)Nc2ccc(N3CCNC3=O)cc2)c(C)c1. The Hall–Kier alpha value is -3.02. The van der Waals surface area contributed by atoms with Crippen molar-refractivity contribution in [2.75, 3.05) is 29.9 Å². The van der Waals surface area contributed by atoms with E-state index < -0.39 is 0 Å². The number of nitrogens with zero attached hydrogens (tertiary/aromatic N) is 1. The summed E-state index contributed by atoms with van der Waals surface area (Å²) in [6.45, 7) is 5.20. The maximum Gasteiger partial charge on any atom is 0.321 e. The first-order valence-corrected chi connectivity index (χ1v) is 8.18. The van der Waals surface area contributed by atoms with Gasteiger partial charge in [-0.3, -0.25) is 9.69 Å². The van der Waals surface area contributed by atoms with E-state index in [1.807, 2.05) is 44.2 Å². The van der Waals surface area contributed by atoms with Crippen molar-refractivity contribution < 1.29 is 14.3 Å². The molecule has 25 heavy (non-hydrogen) atoms. The molecular weight excluding hydrogens is 318 g/mol. The Bertz CT molecular complexity index is 787. The van der Waals surface area contributed by atoms with E-state index in [9.17, 15) is 9.59 Å². The summed E-state index contributed by atoms with van der Waals surface area (Å²) >= 11 is 0. The Morgan fingerprint density at radius 1 is 1.20 bits per heavy atom. The topological polar surface area (TPSA) is 70.7 Å². The van der Waals surface area contributed by atoms with Crippen LogP contribution >= 0.6 is 0 Å². The molecule has 2 aromatic carbocycles. The molecule has 0 radical (unpaired) electrons. The third-order valence-electron chi connectivity index (χ3n) is 4.01. The highest BCUT2D eigenvalue weighted by molar-refractivity contribution is 5.95. The maximum absolute atomic E-state index is 12.0. The van der Waals surface area contributed by atoms with Gasteiger partial charge in [-0.15, -0.1) is 0 Å². The van der Waals surface area contributed by atoms with Crippen LogP contribution in [0.5, 0.6) is 5.75 Å². The number of hydrogen-bond donors (Lipinski definition) is 2. The zero-order chi connectivity index (χ0) is 17.8. The minimum Gasteiger partial charge on any atom is -0.483 e. The molecule has 3 rings (SSSR count). The first-order valence-electron chi connectivity index (χ1n) is 8.18. The second kappa shape index (κ2) is 7.25. The Morgan fingerprint density at radius 3 is 2.60 bits per heavy atom. The Kier molecular flexibility index (Phi) is 4.88. The van der Waals surface area contributed by atoms with Gasteiger partial charge in [-0.05, 0) is 49.7 Å². The molecule has 1 aliphatic heterocycles. The number of nitrogens with one attached hydrogen (secondary N) is 2. The first kappa shape index (κ1) is 16.8. The van der Waals surface area contributed by atoms with Crippen LogP contribution in [0.4, 0.5) is 16.2 Å². The average Bonchev–Trinajstić information content (AvgIpc) is 3.01. The number of amides is 3. The third-order valence-corrected chi connectivity index (χ3v) is 4.01. The van der Waals surface area contributed by atoms with Gasteiger partial charge in [-0.1, -0.05) is 17.7 Å². The number of aryl methyl sites for hydroxylation is 2. The normalized spacial score (nSPS) is 13.5. The van der Waals surface area contributed by atoms with Crippen molar-refractivity contribution in [2.45, 2.75) is 13.8 Å². The predicted octanol–water partition coefficient (Wildman–Crippen LogP) is 2.85. The van der Waals surface area contributed by atoms with Gasteiger partial charge in [0, 0.05) is 24.5 Å². The third kappa shape index (κ3) is 4.09. The van der Waals surface area contributed by atoms with Gasteiger partial charge in [0.15, 0.2) is 6.61 Å². The molecule has 2 N–H and O–H groups in total. The van der Waals surface area contributed by atoms with Crippen molar-refractivity contribution in [1.82, 2.24) is 5.32 Å². The molecule has 0 aromatic heterocycles. The fourth-order valence-electron chi connectivity index (χ4n) is 2.74. The molecule has 6 nitrogen and oxygen atoms in total. The fraction of sp³-hybridized carbons (Fsp3) is 0.263.